The minimum absolute atomic E-state index is 0. The predicted molar refractivity (Wildman–Crippen MR) is 119 cm³/mol. The van der Waals surface area contributed by atoms with Gasteiger partial charge >= 0.3 is 0 Å². The van der Waals surface area contributed by atoms with Gasteiger partial charge in [0.15, 0.2) is 5.96 Å². The number of likely N-dealkylation sites (tertiary alicyclic amines) is 1. The molecule has 142 valence electrons. The van der Waals surface area contributed by atoms with E-state index in [4.69, 9.17) is 16.6 Å². The molecule has 25 heavy (non-hydrogen) atoms. The lowest BCUT2D eigenvalue weighted by molar-refractivity contribution is 0.326. The molecule has 2 N–H and O–H groups in total. The molecule has 2 rings (SSSR count). The van der Waals surface area contributed by atoms with Crippen molar-refractivity contribution < 1.29 is 0 Å². The van der Waals surface area contributed by atoms with Crippen LogP contribution in [0.1, 0.15) is 32.3 Å². The standard InChI is InChI=1S/C19H31ClN4.HI/c1-3-11-24-12-9-17(15-24)14-23-19(21-4-2)22-10-8-16-6-5-7-18(20)13-16;/h5-7,13,17H,3-4,8-12,14-15H2,1-2H3,(H2,21,22,23);1H. The molecular weight excluding hydrogens is 447 g/mol. The van der Waals surface area contributed by atoms with Gasteiger partial charge in [-0.2, -0.15) is 0 Å². The van der Waals surface area contributed by atoms with Crippen LogP contribution in [-0.2, 0) is 6.42 Å². The molecule has 0 amide bonds. The van der Waals surface area contributed by atoms with Gasteiger partial charge in [-0.1, -0.05) is 30.7 Å². The fourth-order valence-corrected chi connectivity index (χ4v) is 3.37. The van der Waals surface area contributed by atoms with Gasteiger partial charge in [0.25, 0.3) is 0 Å². The van der Waals surface area contributed by atoms with Crippen LogP contribution < -0.4 is 10.6 Å². The number of nitrogens with zero attached hydrogens (tertiary/aromatic N) is 2. The van der Waals surface area contributed by atoms with Crippen molar-refractivity contribution in [3.05, 3.63) is 34.9 Å². The van der Waals surface area contributed by atoms with Gasteiger partial charge in [0, 0.05) is 31.2 Å². The number of aliphatic imine (C=N–C) groups is 1. The highest BCUT2D eigenvalue weighted by Crippen LogP contribution is 2.16. The van der Waals surface area contributed by atoms with E-state index < -0.39 is 0 Å². The Morgan fingerprint density at radius 2 is 2.16 bits per heavy atom. The number of guanidine groups is 1. The molecule has 4 nitrogen and oxygen atoms in total. The third kappa shape index (κ3) is 8.60. The van der Waals surface area contributed by atoms with Crippen molar-refractivity contribution in [1.29, 1.82) is 0 Å². The zero-order valence-corrected chi connectivity index (χ0v) is 18.5. The third-order valence-corrected chi connectivity index (χ3v) is 4.59. The minimum Gasteiger partial charge on any atom is -0.357 e. The quantitative estimate of drug-likeness (QED) is 0.339. The summed E-state index contributed by atoms with van der Waals surface area (Å²) in [4.78, 5) is 7.34. The van der Waals surface area contributed by atoms with E-state index in [-0.39, 0.29) is 24.0 Å². The van der Waals surface area contributed by atoms with E-state index in [1.807, 2.05) is 18.2 Å². The first-order chi connectivity index (χ1) is 11.7. The van der Waals surface area contributed by atoms with Crippen molar-refractivity contribution in [2.24, 2.45) is 10.9 Å². The monoisotopic (exact) mass is 478 g/mol. The average molecular weight is 479 g/mol. The molecule has 1 aliphatic rings. The second kappa shape index (κ2) is 12.8. The Hall–Kier alpha value is -0.530. The molecular formula is C19H32ClIN4. The summed E-state index contributed by atoms with van der Waals surface area (Å²) in [6, 6.07) is 8.04. The number of rotatable bonds is 8. The summed E-state index contributed by atoms with van der Waals surface area (Å²) in [6.07, 6.45) is 3.45. The zero-order valence-electron chi connectivity index (χ0n) is 15.4. The molecule has 1 atom stereocenters. The Morgan fingerprint density at radius 3 is 2.88 bits per heavy atom. The predicted octanol–water partition coefficient (Wildman–Crippen LogP) is 3.79. The first kappa shape index (κ1) is 22.5. The maximum absolute atomic E-state index is 6.03. The summed E-state index contributed by atoms with van der Waals surface area (Å²) in [5.74, 6) is 1.62. The largest absolute Gasteiger partial charge is 0.357 e. The average Bonchev–Trinajstić information content (AvgIpc) is 3.01. The number of nitrogens with one attached hydrogen (secondary N) is 2. The molecule has 1 fully saturated rings. The minimum atomic E-state index is 0. The summed E-state index contributed by atoms with van der Waals surface area (Å²) >= 11 is 6.03. The first-order valence-electron chi connectivity index (χ1n) is 9.20. The van der Waals surface area contributed by atoms with Gasteiger partial charge in [-0.15, -0.1) is 24.0 Å². The van der Waals surface area contributed by atoms with Crippen LogP contribution in [0, 0.1) is 5.92 Å². The van der Waals surface area contributed by atoms with Crippen molar-refractivity contribution in [1.82, 2.24) is 15.5 Å². The van der Waals surface area contributed by atoms with Gasteiger partial charge in [0.1, 0.15) is 0 Å². The van der Waals surface area contributed by atoms with Crippen LogP contribution in [0.25, 0.3) is 0 Å². The molecule has 1 unspecified atom stereocenters. The van der Waals surface area contributed by atoms with Crippen LogP contribution in [0.5, 0.6) is 0 Å². The Balaban J connectivity index is 0.00000312. The van der Waals surface area contributed by atoms with Gasteiger partial charge in [-0.3, -0.25) is 4.99 Å². The highest BCUT2D eigenvalue weighted by atomic mass is 127. The lowest BCUT2D eigenvalue weighted by Gasteiger charge is -2.15. The van der Waals surface area contributed by atoms with Gasteiger partial charge in [0.05, 0.1) is 0 Å². The molecule has 0 bridgehead atoms. The van der Waals surface area contributed by atoms with Crippen molar-refractivity contribution in [2.45, 2.75) is 33.1 Å². The second-order valence-electron chi connectivity index (χ2n) is 6.48. The van der Waals surface area contributed by atoms with Crippen molar-refractivity contribution in [3.8, 4) is 0 Å². The molecule has 0 radical (unpaired) electrons. The summed E-state index contributed by atoms with van der Waals surface area (Å²) in [5, 5.41) is 7.57. The van der Waals surface area contributed by atoms with E-state index in [0.29, 0.717) is 5.92 Å². The Kier molecular flexibility index (Phi) is 11.5. The van der Waals surface area contributed by atoms with Crippen molar-refractivity contribution in [3.63, 3.8) is 0 Å². The molecule has 1 aliphatic heterocycles. The topological polar surface area (TPSA) is 39.7 Å². The van der Waals surface area contributed by atoms with Crippen LogP contribution in [0.4, 0.5) is 0 Å². The van der Waals surface area contributed by atoms with Crippen LogP contribution in [0.15, 0.2) is 29.3 Å². The van der Waals surface area contributed by atoms with Crippen molar-refractivity contribution in [2.75, 3.05) is 39.3 Å². The maximum Gasteiger partial charge on any atom is 0.191 e. The van der Waals surface area contributed by atoms with Gasteiger partial charge in [-0.25, -0.2) is 0 Å². The molecule has 1 aromatic rings. The fourth-order valence-electron chi connectivity index (χ4n) is 3.16. The second-order valence-corrected chi connectivity index (χ2v) is 6.92. The van der Waals surface area contributed by atoms with E-state index in [9.17, 15) is 0 Å². The Morgan fingerprint density at radius 1 is 1.32 bits per heavy atom. The third-order valence-electron chi connectivity index (χ3n) is 4.36. The fraction of sp³-hybridized carbons (Fsp3) is 0.632. The molecule has 0 spiro atoms. The first-order valence-corrected chi connectivity index (χ1v) is 9.58. The van der Waals surface area contributed by atoms with E-state index >= 15 is 0 Å². The van der Waals surface area contributed by atoms with E-state index in [1.165, 1.54) is 38.0 Å². The number of benzene rings is 1. The highest BCUT2D eigenvalue weighted by Gasteiger charge is 2.21. The molecule has 1 heterocycles. The summed E-state index contributed by atoms with van der Waals surface area (Å²) in [5.41, 5.74) is 1.25. The molecule has 0 saturated carbocycles. The van der Waals surface area contributed by atoms with Crippen LogP contribution in [0.3, 0.4) is 0 Å². The molecule has 6 heteroatoms. The SMILES string of the molecule is CCCN1CCC(CN=C(NCC)NCCc2cccc(Cl)c2)C1.I. The molecule has 1 aromatic carbocycles. The van der Waals surface area contributed by atoms with Crippen LogP contribution >= 0.6 is 35.6 Å². The number of hydrogen-bond donors (Lipinski definition) is 2. The van der Waals surface area contributed by atoms with Crippen molar-refractivity contribution >= 4 is 41.5 Å². The summed E-state index contributed by atoms with van der Waals surface area (Å²) < 4.78 is 0. The van der Waals surface area contributed by atoms with E-state index in [0.717, 1.165) is 37.0 Å². The van der Waals surface area contributed by atoms with Gasteiger partial charge in [-0.05, 0) is 62.9 Å². The maximum atomic E-state index is 6.03. The molecule has 0 aliphatic carbocycles. The Labute approximate surface area is 174 Å². The smallest absolute Gasteiger partial charge is 0.191 e. The molecule has 1 saturated heterocycles. The zero-order chi connectivity index (χ0) is 17.2. The van der Waals surface area contributed by atoms with E-state index in [2.05, 4.69) is 35.4 Å². The normalized spacial score (nSPS) is 18.0. The van der Waals surface area contributed by atoms with E-state index in [1.54, 1.807) is 0 Å². The lowest BCUT2D eigenvalue weighted by atomic mass is 10.1. The van der Waals surface area contributed by atoms with Crippen LogP contribution in [-0.4, -0.2) is 50.1 Å². The highest BCUT2D eigenvalue weighted by molar-refractivity contribution is 14.0. The van der Waals surface area contributed by atoms with Crippen LogP contribution in [0.2, 0.25) is 5.02 Å². The van der Waals surface area contributed by atoms with Gasteiger partial charge < -0.3 is 15.5 Å². The molecule has 0 aromatic heterocycles. The lowest BCUT2D eigenvalue weighted by Crippen LogP contribution is -2.38. The number of halogens is 2. The van der Waals surface area contributed by atoms with Gasteiger partial charge in [0.2, 0.25) is 0 Å². The summed E-state index contributed by atoms with van der Waals surface area (Å²) in [7, 11) is 0. The Bertz CT molecular complexity index is 524. The summed E-state index contributed by atoms with van der Waals surface area (Å²) in [6.45, 7) is 10.6. The number of hydrogen-bond acceptors (Lipinski definition) is 2.